The maximum atomic E-state index is 12.6. The van der Waals surface area contributed by atoms with Crippen LogP contribution in [0.1, 0.15) is 34.9 Å². The largest absolute Gasteiger partial charge is 0.388 e. The van der Waals surface area contributed by atoms with Crippen molar-refractivity contribution >= 4 is 17.5 Å². The molecule has 1 heterocycles. The van der Waals surface area contributed by atoms with E-state index < -0.39 is 6.10 Å². The molecule has 0 radical (unpaired) electrons. The Hall–Kier alpha value is -1.84. The molecule has 2 aromatic carbocycles. The SMILES string of the molecule is O=C(c1ccccc1)N1CCCC([C@H](O)c2ccc(Cl)cc2)C1. The number of hydrogen-bond acceptors (Lipinski definition) is 2. The third-order valence-electron chi connectivity index (χ3n) is 4.42. The van der Waals surface area contributed by atoms with Gasteiger partial charge in [0.05, 0.1) is 6.10 Å². The molecule has 120 valence electrons. The summed E-state index contributed by atoms with van der Waals surface area (Å²) in [6.45, 7) is 1.33. The first kappa shape index (κ1) is 16.0. The number of benzene rings is 2. The van der Waals surface area contributed by atoms with Crippen LogP contribution in [-0.2, 0) is 0 Å². The summed E-state index contributed by atoms with van der Waals surface area (Å²) in [5, 5.41) is 11.3. The van der Waals surface area contributed by atoms with Gasteiger partial charge in [-0.2, -0.15) is 0 Å². The van der Waals surface area contributed by atoms with Crippen LogP contribution in [0.2, 0.25) is 5.02 Å². The van der Waals surface area contributed by atoms with Crippen molar-refractivity contribution < 1.29 is 9.90 Å². The van der Waals surface area contributed by atoms with Crippen LogP contribution in [0.3, 0.4) is 0 Å². The summed E-state index contributed by atoms with van der Waals surface area (Å²) >= 11 is 5.90. The highest BCUT2D eigenvalue weighted by Crippen LogP contribution is 2.30. The Morgan fingerprint density at radius 2 is 1.83 bits per heavy atom. The summed E-state index contributed by atoms with van der Waals surface area (Å²) in [5.74, 6) is 0.0937. The summed E-state index contributed by atoms with van der Waals surface area (Å²) in [7, 11) is 0. The predicted molar refractivity (Wildman–Crippen MR) is 91.5 cm³/mol. The second-order valence-electron chi connectivity index (χ2n) is 6.02. The van der Waals surface area contributed by atoms with E-state index in [0.29, 0.717) is 17.1 Å². The molecular weight excluding hydrogens is 310 g/mol. The van der Waals surface area contributed by atoms with Gasteiger partial charge in [-0.15, -0.1) is 0 Å². The van der Waals surface area contributed by atoms with E-state index in [1.807, 2.05) is 47.4 Å². The molecule has 1 N–H and O–H groups in total. The van der Waals surface area contributed by atoms with Crippen molar-refractivity contribution in [1.82, 2.24) is 4.90 Å². The van der Waals surface area contributed by atoms with Crippen molar-refractivity contribution in [2.24, 2.45) is 5.92 Å². The first-order chi connectivity index (χ1) is 11.1. The lowest BCUT2D eigenvalue weighted by molar-refractivity contribution is 0.0401. The van der Waals surface area contributed by atoms with Crippen LogP contribution in [-0.4, -0.2) is 29.0 Å². The van der Waals surface area contributed by atoms with Gasteiger partial charge in [-0.25, -0.2) is 0 Å². The number of amides is 1. The van der Waals surface area contributed by atoms with Crippen molar-refractivity contribution in [3.05, 3.63) is 70.7 Å². The molecule has 0 spiro atoms. The monoisotopic (exact) mass is 329 g/mol. The zero-order chi connectivity index (χ0) is 16.2. The van der Waals surface area contributed by atoms with E-state index in [1.54, 1.807) is 12.1 Å². The number of halogens is 1. The number of aliphatic hydroxyl groups excluding tert-OH is 1. The molecule has 2 aromatic rings. The lowest BCUT2D eigenvalue weighted by Gasteiger charge is -2.35. The number of carbonyl (C=O) groups excluding carboxylic acids is 1. The van der Waals surface area contributed by atoms with Gasteiger partial charge in [-0.1, -0.05) is 41.9 Å². The Morgan fingerprint density at radius 1 is 1.13 bits per heavy atom. The van der Waals surface area contributed by atoms with E-state index >= 15 is 0 Å². The van der Waals surface area contributed by atoms with Crippen LogP contribution in [0.5, 0.6) is 0 Å². The smallest absolute Gasteiger partial charge is 0.253 e. The highest BCUT2D eigenvalue weighted by molar-refractivity contribution is 6.30. The molecule has 23 heavy (non-hydrogen) atoms. The van der Waals surface area contributed by atoms with Crippen LogP contribution in [0, 0.1) is 5.92 Å². The fraction of sp³-hybridized carbons (Fsp3) is 0.316. The van der Waals surface area contributed by atoms with E-state index in [4.69, 9.17) is 11.6 Å². The molecule has 1 fully saturated rings. The van der Waals surface area contributed by atoms with Gasteiger partial charge in [-0.05, 0) is 42.7 Å². The molecule has 0 aliphatic carbocycles. The molecule has 0 saturated carbocycles. The first-order valence-corrected chi connectivity index (χ1v) is 8.31. The van der Waals surface area contributed by atoms with E-state index in [9.17, 15) is 9.90 Å². The Labute approximate surface area is 141 Å². The standard InChI is InChI=1S/C19H20ClNO2/c20-17-10-8-14(9-11-17)18(22)16-7-4-12-21(13-16)19(23)15-5-2-1-3-6-15/h1-3,5-6,8-11,16,18,22H,4,7,12-13H2/t16?,18-/m1/s1. The van der Waals surface area contributed by atoms with Crippen LogP contribution in [0.15, 0.2) is 54.6 Å². The van der Waals surface area contributed by atoms with Gasteiger partial charge in [-0.3, -0.25) is 4.79 Å². The molecule has 1 amide bonds. The molecule has 2 atom stereocenters. The molecule has 1 aliphatic heterocycles. The Morgan fingerprint density at radius 3 is 2.52 bits per heavy atom. The normalized spacial score (nSPS) is 19.4. The summed E-state index contributed by atoms with van der Waals surface area (Å²) in [5.41, 5.74) is 1.56. The number of likely N-dealkylation sites (tertiary alicyclic amines) is 1. The number of hydrogen-bond donors (Lipinski definition) is 1. The van der Waals surface area contributed by atoms with Crippen LogP contribution in [0.4, 0.5) is 0 Å². The van der Waals surface area contributed by atoms with E-state index in [1.165, 1.54) is 0 Å². The number of nitrogens with zero attached hydrogens (tertiary/aromatic N) is 1. The third kappa shape index (κ3) is 3.74. The summed E-state index contributed by atoms with van der Waals surface area (Å²) < 4.78 is 0. The van der Waals surface area contributed by atoms with Gasteiger partial charge in [0.15, 0.2) is 0 Å². The highest BCUT2D eigenvalue weighted by Gasteiger charge is 2.29. The quantitative estimate of drug-likeness (QED) is 0.927. The average Bonchev–Trinajstić information content (AvgIpc) is 2.62. The molecule has 0 aromatic heterocycles. The van der Waals surface area contributed by atoms with Crippen molar-refractivity contribution in [2.75, 3.05) is 13.1 Å². The minimum atomic E-state index is -0.571. The maximum Gasteiger partial charge on any atom is 0.253 e. The van der Waals surface area contributed by atoms with E-state index in [-0.39, 0.29) is 11.8 Å². The van der Waals surface area contributed by atoms with Crippen molar-refractivity contribution in [3.63, 3.8) is 0 Å². The topological polar surface area (TPSA) is 40.5 Å². The van der Waals surface area contributed by atoms with Gasteiger partial charge < -0.3 is 10.0 Å². The summed E-state index contributed by atoms with van der Waals surface area (Å²) in [6.07, 6.45) is 1.26. The number of piperidine rings is 1. The van der Waals surface area contributed by atoms with Gasteiger partial charge in [0.25, 0.3) is 5.91 Å². The first-order valence-electron chi connectivity index (χ1n) is 7.93. The molecule has 4 heteroatoms. The molecular formula is C19H20ClNO2. The molecule has 1 saturated heterocycles. The lowest BCUT2D eigenvalue weighted by atomic mass is 9.88. The number of aliphatic hydroxyl groups is 1. The fourth-order valence-electron chi connectivity index (χ4n) is 3.15. The Kier molecular flexibility index (Phi) is 4.99. The minimum Gasteiger partial charge on any atom is -0.388 e. The predicted octanol–water partition coefficient (Wildman–Crippen LogP) is 3.93. The Balaban J connectivity index is 1.70. The minimum absolute atomic E-state index is 0.0404. The van der Waals surface area contributed by atoms with Crippen molar-refractivity contribution in [2.45, 2.75) is 18.9 Å². The van der Waals surface area contributed by atoms with Gasteiger partial charge in [0.1, 0.15) is 0 Å². The third-order valence-corrected chi connectivity index (χ3v) is 4.68. The second kappa shape index (κ2) is 7.16. The zero-order valence-corrected chi connectivity index (χ0v) is 13.6. The molecule has 1 unspecified atom stereocenters. The van der Waals surface area contributed by atoms with Crippen LogP contribution < -0.4 is 0 Å². The van der Waals surface area contributed by atoms with Crippen molar-refractivity contribution in [1.29, 1.82) is 0 Å². The number of rotatable bonds is 3. The van der Waals surface area contributed by atoms with E-state index in [2.05, 4.69) is 0 Å². The van der Waals surface area contributed by atoms with Gasteiger partial charge in [0, 0.05) is 29.6 Å². The summed E-state index contributed by atoms with van der Waals surface area (Å²) in [4.78, 5) is 14.4. The maximum absolute atomic E-state index is 12.6. The average molecular weight is 330 g/mol. The van der Waals surface area contributed by atoms with Gasteiger partial charge in [0.2, 0.25) is 0 Å². The van der Waals surface area contributed by atoms with Crippen molar-refractivity contribution in [3.8, 4) is 0 Å². The van der Waals surface area contributed by atoms with Crippen LogP contribution in [0.25, 0.3) is 0 Å². The highest BCUT2D eigenvalue weighted by atomic mass is 35.5. The second-order valence-corrected chi connectivity index (χ2v) is 6.45. The number of carbonyl (C=O) groups is 1. The fourth-order valence-corrected chi connectivity index (χ4v) is 3.27. The molecule has 1 aliphatic rings. The summed E-state index contributed by atoms with van der Waals surface area (Å²) in [6, 6.07) is 16.6. The molecule has 3 nitrogen and oxygen atoms in total. The zero-order valence-electron chi connectivity index (χ0n) is 12.9. The van der Waals surface area contributed by atoms with Crippen LogP contribution >= 0.6 is 11.6 Å². The lowest BCUT2D eigenvalue weighted by Crippen LogP contribution is -2.41. The Bertz CT molecular complexity index is 657. The van der Waals surface area contributed by atoms with E-state index in [0.717, 1.165) is 24.9 Å². The van der Waals surface area contributed by atoms with Gasteiger partial charge >= 0.3 is 0 Å². The molecule has 0 bridgehead atoms. The molecule has 3 rings (SSSR count).